The number of amides is 1. The van der Waals surface area contributed by atoms with Crippen molar-refractivity contribution in [3.63, 3.8) is 0 Å². The van der Waals surface area contributed by atoms with Crippen LogP contribution in [0.4, 0.5) is 4.79 Å². The first-order valence-corrected chi connectivity index (χ1v) is 7.04. The number of hydrogen-bond donors (Lipinski definition) is 1. The lowest BCUT2D eigenvalue weighted by molar-refractivity contribution is -0.00635. The van der Waals surface area contributed by atoms with Crippen LogP contribution in [0.25, 0.3) is 0 Å². The second kappa shape index (κ2) is 6.38. The Morgan fingerprint density at radius 1 is 1.33 bits per heavy atom. The Kier molecular flexibility index (Phi) is 4.83. The molecule has 1 amide bonds. The Morgan fingerprint density at radius 3 is 2.61 bits per heavy atom. The SMILES string of the molecule is CCCCOC(=O)N1CC(N2CCC(O)CC2)C1. The Morgan fingerprint density at radius 2 is 2.00 bits per heavy atom. The third-order valence-corrected chi connectivity index (χ3v) is 3.86. The van der Waals surface area contributed by atoms with Crippen LogP contribution in [-0.4, -0.2) is 65.9 Å². The first kappa shape index (κ1) is 13.6. The van der Waals surface area contributed by atoms with Crippen LogP contribution in [0.2, 0.25) is 0 Å². The predicted octanol–water partition coefficient (Wildman–Crippen LogP) is 1.06. The Labute approximate surface area is 109 Å². The summed E-state index contributed by atoms with van der Waals surface area (Å²) in [6, 6.07) is 0.469. The molecule has 0 radical (unpaired) electrons. The molecule has 0 saturated carbocycles. The van der Waals surface area contributed by atoms with Crippen LogP contribution in [0.5, 0.6) is 0 Å². The highest BCUT2D eigenvalue weighted by Gasteiger charge is 2.36. The Bertz CT molecular complexity index is 271. The van der Waals surface area contributed by atoms with E-state index in [0.29, 0.717) is 12.6 Å². The number of hydrogen-bond acceptors (Lipinski definition) is 4. The van der Waals surface area contributed by atoms with Crippen molar-refractivity contribution in [1.29, 1.82) is 0 Å². The Balaban J connectivity index is 1.62. The van der Waals surface area contributed by atoms with Crippen molar-refractivity contribution in [3.05, 3.63) is 0 Å². The minimum atomic E-state index is -0.170. The normalized spacial score (nSPS) is 22.9. The van der Waals surface area contributed by atoms with Crippen molar-refractivity contribution < 1.29 is 14.6 Å². The van der Waals surface area contributed by atoms with Gasteiger partial charge in [0.1, 0.15) is 0 Å². The minimum Gasteiger partial charge on any atom is -0.449 e. The maximum Gasteiger partial charge on any atom is 0.409 e. The molecule has 2 heterocycles. The standard InChI is InChI=1S/C13H24N2O3/c1-2-3-8-18-13(17)15-9-11(10-15)14-6-4-12(16)5-7-14/h11-12,16H,2-10H2,1H3. The molecule has 2 fully saturated rings. The monoisotopic (exact) mass is 256 g/mol. The van der Waals surface area contributed by atoms with Crippen molar-refractivity contribution in [2.24, 2.45) is 0 Å². The van der Waals surface area contributed by atoms with Gasteiger partial charge in [0, 0.05) is 32.2 Å². The first-order chi connectivity index (χ1) is 8.70. The van der Waals surface area contributed by atoms with Crippen LogP contribution >= 0.6 is 0 Å². The molecule has 0 bridgehead atoms. The van der Waals surface area contributed by atoms with Gasteiger partial charge in [0.15, 0.2) is 0 Å². The topological polar surface area (TPSA) is 53.0 Å². The highest BCUT2D eigenvalue weighted by Crippen LogP contribution is 2.20. The zero-order valence-electron chi connectivity index (χ0n) is 11.2. The highest BCUT2D eigenvalue weighted by molar-refractivity contribution is 5.68. The molecule has 0 aromatic rings. The number of ether oxygens (including phenoxy) is 1. The molecule has 5 nitrogen and oxygen atoms in total. The maximum atomic E-state index is 11.6. The Hall–Kier alpha value is -0.810. The molecular formula is C13H24N2O3. The molecule has 5 heteroatoms. The molecule has 0 unspecified atom stereocenters. The minimum absolute atomic E-state index is 0.128. The fraction of sp³-hybridized carbons (Fsp3) is 0.923. The fourth-order valence-electron chi connectivity index (χ4n) is 2.48. The molecule has 2 aliphatic heterocycles. The summed E-state index contributed by atoms with van der Waals surface area (Å²) >= 11 is 0. The molecule has 0 spiro atoms. The number of nitrogens with zero attached hydrogens (tertiary/aromatic N) is 2. The number of aliphatic hydroxyl groups is 1. The van der Waals surface area contributed by atoms with E-state index < -0.39 is 0 Å². The zero-order chi connectivity index (χ0) is 13.0. The van der Waals surface area contributed by atoms with Crippen LogP contribution in [0.3, 0.4) is 0 Å². The van der Waals surface area contributed by atoms with Crippen molar-refractivity contribution in [1.82, 2.24) is 9.80 Å². The van der Waals surface area contributed by atoms with Gasteiger partial charge in [-0.05, 0) is 19.3 Å². The quantitative estimate of drug-likeness (QED) is 0.764. The highest BCUT2D eigenvalue weighted by atomic mass is 16.6. The van der Waals surface area contributed by atoms with E-state index in [0.717, 1.165) is 51.9 Å². The van der Waals surface area contributed by atoms with Crippen LogP contribution < -0.4 is 0 Å². The smallest absolute Gasteiger partial charge is 0.409 e. The first-order valence-electron chi connectivity index (χ1n) is 7.04. The van der Waals surface area contributed by atoms with Crippen LogP contribution in [0.1, 0.15) is 32.6 Å². The number of piperidine rings is 1. The maximum absolute atomic E-state index is 11.6. The number of rotatable bonds is 4. The van der Waals surface area contributed by atoms with Gasteiger partial charge in [0.05, 0.1) is 12.7 Å². The van der Waals surface area contributed by atoms with E-state index in [1.165, 1.54) is 0 Å². The molecule has 18 heavy (non-hydrogen) atoms. The van der Waals surface area contributed by atoms with Crippen molar-refractivity contribution in [2.75, 3.05) is 32.8 Å². The number of likely N-dealkylation sites (tertiary alicyclic amines) is 2. The number of aliphatic hydroxyl groups excluding tert-OH is 1. The van der Waals surface area contributed by atoms with Gasteiger partial charge >= 0.3 is 6.09 Å². The van der Waals surface area contributed by atoms with E-state index >= 15 is 0 Å². The summed E-state index contributed by atoms with van der Waals surface area (Å²) in [6.07, 6.45) is 3.40. The summed E-state index contributed by atoms with van der Waals surface area (Å²) in [6.45, 7) is 6.07. The van der Waals surface area contributed by atoms with Crippen molar-refractivity contribution in [2.45, 2.75) is 44.8 Å². The lowest BCUT2D eigenvalue weighted by atomic mass is 10.0. The summed E-state index contributed by atoms with van der Waals surface area (Å²) in [5, 5.41) is 9.45. The van der Waals surface area contributed by atoms with E-state index in [2.05, 4.69) is 11.8 Å². The van der Waals surface area contributed by atoms with Gasteiger partial charge in [-0.15, -0.1) is 0 Å². The fourth-order valence-corrected chi connectivity index (χ4v) is 2.48. The van der Waals surface area contributed by atoms with Crippen LogP contribution in [0, 0.1) is 0 Å². The van der Waals surface area contributed by atoms with Gasteiger partial charge in [-0.25, -0.2) is 4.79 Å². The molecule has 1 N–H and O–H groups in total. The second-order valence-electron chi connectivity index (χ2n) is 5.29. The third kappa shape index (κ3) is 3.36. The summed E-state index contributed by atoms with van der Waals surface area (Å²) in [4.78, 5) is 15.8. The summed E-state index contributed by atoms with van der Waals surface area (Å²) in [5.74, 6) is 0. The van der Waals surface area contributed by atoms with Gasteiger partial charge in [0.25, 0.3) is 0 Å². The number of carbonyl (C=O) groups is 1. The summed E-state index contributed by atoms with van der Waals surface area (Å²) in [5.41, 5.74) is 0. The molecule has 104 valence electrons. The average molecular weight is 256 g/mol. The molecule has 2 rings (SSSR count). The van der Waals surface area contributed by atoms with Crippen molar-refractivity contribution >= 4 is 6.09 Å². The zero-order valence-corrected chi connectivity index (χ0v) is 11.2. The van der Waals surface area contributed by atoms with Crippen LogP contribution in [-0.2, 0) is 4.74 Å². The largest absolute Gasteiger partial charge is 0.449 e. The van der Waals surface area contributed by atoms with Crippen LogP contribution in [0.15, 0.2) is 0 Å². The molecule has 0 atom stereocenters. The van der Waals surface area contributed by atoms with Gasteiger partial charge < -0.3 is 14.7 Å². The lowest BCUT2D eigenvalue weighted by Crippen LogP contribution is -2.62. The molecular weight excluding hydrogens is 232 g/mol. The van der Waals surface area contributed by atoms with E-state index in [-0.39, 0.29) is 12.2 Å². The number of carbonyl (C=O) groups excluding carboxylic acids is 1. The molecule has 0 aromatic heterocycles. The molecule has 2 saturated heterocycles. The van der Waals surface area contributed by atoms with E-state index in [4.69, 9.17) is 4.74 Å². The van der Waals surface area contributed by atoms with Gasteiger partial charge in [-0.3, -0.25) is 4.90 Å². The molecule has 0 aromatic carbocycles. The van der Waals surface area contributed by atoms with E-state index in [9.17, 15) is 9.90 Å². The number of unbranched alkanes of at least 4 members (excludes halogenated alkanes) is 1. The average Bonchev–Trinajstić information content (AvgIpc) is 2.30. The second-order valence-corrected chi connectivity index (χ2v) is 5.29. The van der Waals surface area contributed by atoms with Gasteiger partial charge in [-0.1, -0.05) is 13.3 Å². The molecule has 2 aliphatic rings. The third-order valence-electron chi connectivity index (χ3n) is 3.86. The summed E-state index contributed by atoms with van der Waals surface area (Å²) in [7, 11) is 0. The van der Waals surface area contributed by atoms with E-state index in [1.54, 1.807) is 4.90 Å². The van der Waals surface area contributed by atoms with Crippen molar-refractivity contribution in [3.8, 4) is 0 Å². The molecule has 0 aliphatic carbocycles. The van der Waals surface area contributed by atoms with Gasteiger partial charge in [-0.2, -0.15) is 0 Å². The lowest BCUT2D eigenvalue weighted by Gasteiger charge is -2.46. The summed E-state index contributed by atoms with van der Waals surface area (Å²) < 4.78 is 5.17. The predicted molar refractivity (Wildman–Crippen MR) is 68.4 cm³/mol. The van der Waals surface area contributed by atoms with E-state index in [1.807, 2.05) is 0 Å². The van der Waals surface area contributed by atoms with Gasteiger partial charge in [0.2, 0.25) is 0 Å².